The van der Waals surface area contributed by atoms with E-state index in [4.69, 9.17) is 4.74 Å². The van der Waals surface area contributed by atoms with E-state index in [-0.39, 0.29) is 6.10 Å². The third kappa shape index (κ3) is 3.78. The molecule has 1 saturated carbocycles. The van der Waals surface area contributed by atoms with Crippen LogP contribution in [0.15, 0.2) is 59.6 Å². The number of nitrogens with zero attached hydrogens (tertiary/aromatic N) is 1. The van der Waals surface area contributed by atoms with Gasteiger partial charge in [-0.3, -0.25) is 4.99 Å². The number of hydrogen-bond acceptors (Lipinski definition) is 2. The summed E-state index contributed by atoms with van der Waals surface area (Å²) in [6.45, 7) is 1.73. The first-order valence-electron chi connectivity index (χ1n) is 9.07. The molecule has 3 atom stereocenters. The van der Waals surface area contributed by atoms with Gasteiger partial charge < -0.3 is 15.4 Å². The number of benzene rings is 2. The summed E-state index contributed by atoms with van der Waals surface area (Å²) >= 11 is 0. The number of aliphatic imine (C=N–C) groups is 1. The molecule has 2 aliphatic rings. The topological polar surface area (TPSA) is 45.7 Å². The first kappa shape index (κ1) is 16.0. The molecule has 4 rings (SSSR count). The minimum Gasteiger partial charge on any atom is -0.488 e. The molecule has 25 heavy (non-hydrogen) atoms. The SMILES string of the molecule is CN=C(NCC1Cc2ccccc2O1)NCC1CC1c1ccccc1. The van der Waals surface area contributed by atoms with Crippen molar-refractivity contribution in [3.63, 3.8) is 0 Å². The Morgan fingerprint density at radius 2 is 1.80 bits per heavy atom. The van der Waals surface area contributed by atoms with Crippen LogP contribution in [0.3, 0.4) is 0 Å². The summed E-state index contributed by atoms with van der Waals surface area (Å²) in [4.78, 5) is 4.33. The summed E-state index contributed by atoms with van der Waals surface area (Å²) in [5, 5.41) is 6.86. The summed E-state index contributed by atoms with van der Waals surface area (Å²) in [6.07, 6.45) is 2.39. The smallest absolute Gasteiger partial charge is 0.191 e. The molecule has 0 bridgehead atoms. The number of guanidine groups is 1. The van der Waals surface area contributed by atoms with Crippen LogP contribution < -0.4 is 15.4 Å². The molecule has 1 aliphatic heterocycles. The Hall–Kier alpha value is -2.49. The highest BCUT2D eigenvalue weighted by atomic mass is 16.5. The highest BCUT2D eigenvalue weighted by Crippen LogP contribution is 2.46. The highest BCUT2D eigenvalue weighted by Gasteiger charge is 2.37. The van der Waals surface area contributed by atoms with Gasteiger partial charge in [-0.05, 0) is 35.4 Å². The van der Waals surface area contributed by atoms with Gasteiger partial charge in [0.15, 0.2) is 5.96 Å². The molecular formula is C21H25N3O. The van der Waals surface area contributed by atoms with Crippen molar-refractivity contribution >= 4 is 5.96 Å². The monoisotopic (exact) mass is 335 g/mol. The van der Waals surface area contributed by atoms with Crippen LogP contribution in [-0.2, 0) is 6.42 Å². The molecule has 4 heteroatoms. The number of nitrogens with one attached hydrogen (secondary N) is 2. The van der Waals surface area contributed by atoms with E-state index in [0.717, 1.165) is 31.2 Å². The molecule has 1 fully saturated rings. The molecule has 2 aromatic rings. The van der Waals surface area contributed by atoms with Gasteiger partial charge in [0.25, 0.3) is 0 Å². The van der Waals surface area contributed by atoms with Crippen LogP contribution in [0.5, 0.6) is 5.75 Å². The fourth-order valence-electron chi connectivity index (χ4n) is 3.61. The van der Waals surface area contributed by atoms with E-state index in [1.165, 1.54) is 17.5 Å². The molecule has 0 amide bonds. The second-order valence-corrected chi connectivity index (χ2v) is 6.90. The average Bonchev–Trinajstić information content (AvgIpc) is 3.32. The molecule has 1 aliphatic carbocycles. The Morgan fingerprint density at radius 1 is 1.04 bits per heavy atom. The van der Waals surface area contributed by atoms with Gasteiger partial charge in [-0.2, -0.15) is 0 Å². The van der Waals surface area contributed by atoms with E-state index in [9.17, 15) is 0 Å². The predicted octanol–water partition coefficient (Wildman–Crippen LogP) is 2.96. The van der Waals surface area contributed by atoms with Crippen LogP contribution >= 0.6 is 0 Å². The van der Waals surface area contributed by atoms with Crippen LogP contribution in [0.4, 0.5) is 0 Å². The van der Waals surface area contributed by atoms with Crippen molar-refractivity contribution in [2.24, 2.45) is 10.9 Å². The lowest BCUT2D eigenvalue weighted by Crippen LogP contribution is -2.43. The quantitative estimate of drug-likeness (QED) is 0.652. The van der Waals surface area contributed by atoms with Crippen LogP contribution in [0.25, 0.3) is 0 Å². The third-order valence-electron chi connectivity index (χ3n) is 5.12. The zero-order valence-electron chi connectivity index (χ0n) is 14.6. The van der Waals surface area contributed by atoms with Gasteiger partial charge in [0.1, 0.15) is 11.9 Å². The second-order valence-electron chi connectivity index (χ2n) is 6.90. The fraction of sp³-hybridized carbons (Fsp3) is 0.381. The molecule has 0 radical (unpaired) electrons. The Kier molecular flexibility index (Phi) is 4.59. The van der Waals surface area contributed by atoms with Gasteiger partial charge in [0.05, 0.1) is 6.54 Å². The van der Waals surface area contributed by atoms with Crippen molar-refractivity contribution in [3.05, 3.63) is 65.7 Å². The van der Waals surface area contributed by atoms with E-state index < -0.39 is 0 Å². The Morgan fingerprint density at radius 3 is 2.60 bits per heavy atom. The standard InChI is InChI=1S/C21H25N3O/c1-22-21(23-13-17-12-19(17)15-7-3-2-4-8-15)24-14-18-11-16-9-5-6-10-20(16)25-18/h2-10,17-19H,11-14H2,1H3,(H2,22,23,24). The van der Waals surface area contributed by atoms with E-state index in [1.807, 2.05) is 19.2 Å². The summed E-state index contributed by atoms with van der Waals surface area (Å²) in [7, 11) is 1.82. The summed E-state index contributed by atoms with van der Waals surface area (Å²) in [5.41, 5.74) is 2.75. The van der Waals surface area contributed by atoms with E-state index >= 15 is 0 Å². The van der Waals surface area contributed by atoms with Crippen LogP contribution in [0.1, 0.15) is 23.5 Å². The van der Waals surface area contributed by atoms with Gasteiger partial charge in [0, 0.05) is 20.0 Å². The number of para-hydroxylation sites is 1. The molecule has 0 aromatic heterocycles. The van der Waals surface area contributed by atoms with Crippen molar-refractivity contribution < 1.29 is 4.74 Å². The maximum absolute atomic E-state index is 5.97. The predicted molar refractivity (Wildman–Crippen MR) is 101 cm³/mol. The zero-order valence-corrected chi connectivity index (χ0v) is 14.6. The normalized spacial score (nSPS) is 24.4. The van der Waals surface area contributed by atoms with Crippen molar-refractivity contribution in [1.82, 2.24) is 10.6 Å². The van der Waals surface area contributed by atoms with Crippen LogP contribution in [0, 0.1) is 5.92 Å². The van der Waals surface area contributed by atoms with E-state index in [1.54, 1.807) is 0 Å². The Balaban J connectivity index is 1.21. The average molecular weight is 335 g/mol. The maximum Gasteiger partial charge on any atom is 0.191 e. The lowest BCUT2D eigenvalue weighted by molar-refractivity contribution is 0.235. The van der Waals surface area contributed by atoms with Crippen LogP contribution in [-0.4, -0.2) is 32.2 Å². The molecule has 4 nitrogen and oxygen atoms in total. The molecule has 0 spiro atoms. The molecule has 2 aromatic carbocycles. The Labute approximate surface area is 149 Å². The van der Waals surface area contributed by atoms with Gasteiger partial charge in [0.2, 0.25) is 0 Å². The fourth-order valence-corrected chi connectivity index (χ4v) is 3.61. The number of hydrogen-bond donors (Lipinski definition) is 2. The molecule has 130 valence electrons. The minimum atomic E-state index is 0.175. The van der Waals surface area contributed by atoms with Gasteiger partial charge >= 0.3 is 0 Å². The van der Waals surface area contributed by atoms with Crippen molar-refractivity contribution in [2.75, 3.05) is 20.1 Å². The molecular weight excluding hydrogens is 310 g/mol. The second kappa shape index (κ2) is 7.18. The molecule has 1 heterocycles. The molecule has 2 N–H and O–H groups in total. The first-order valence-corrected chi connectivity index (χ1v) is 9.07. The number of ether oxygens (including phenoxy) is 1. The third-order valence-corrected chi connectivity index (χ3v) is 5.12. The van der Waals surface area contributed by atoms with Crippen molar-refractivity contribution in [2.45, 2.75) is 24.9 Å². The molecule has 3 unspecified atom stereocenters. The highest BCUT2D eigenvalue weighted by molar-refractivity contribution is 5.79. The lowest BCUT2D eigenvalue weighted by atomic mass is 10.1. The number of rotatable bonds is 5. The summed E-state index contributed by atoms with van der Waals surface area (Å²) in [5.74, 6) is 3.27. The van der Waals surface area contributed by atoms with Crippen molar-refractivity contribution in [3.8, 4) is 5.75 Å². The van der Waals surface area contributed by atoms with Crippen molar-refractivity contribution in [1.29, 1.82) is 0 Å². The van der Waals surface area contributed by atoms with Gasteiger partial charge in [-0.25, -0.2) is 0 Å². The van der Waals surface area contributed by atoms with E-state index in [2.05, 4.69) is 58.1 Å². The van der Waals surface area contributed by atoms with Gasteiger partial charge in [-0.15, -0.1) is 0 Å². The summed E-state index contributed by atoms with van der Waals surface area (Å²) in [6, 6.07) is 19.0. The lowest BCUT2D eigenvalue weighted by Gasteiger charge is -2.15. The summed E-state index contributed by atoms with van der Waals surface area (Å²) < 4.78 is 5.97. The Bertz CT molecular complexity index is 719. The largest absolute Gasteiger partial charge is 0.488 e. The number of fused-ring (bicyclic) bond motifs is 1. The zero-order chi connectivity index (χ0) is 17.1. The molecule has 0 saturated heterocycles. The van der Waals surface area contributed by atoms with Crippen LogP contribution in [0.2, 0.25) is 0 Å². The minimum absolute atomic E-state index is 0.175. The van der Waals surface area contributed by atoms with Gasteiger partial charge in [-0.1, -0.05) is 48.5 Å². The van der Waals surface area contributed by atoms with E-state index in [0.29, 0.717) is 11.8 Å². The maximum atomic E-state index is 5.97. The first-order chi connectivity index (χ1) is 12.3.